The van der Waals surface area contributed by atoms with E-state index in [-0.39, 0.29) is 0 Å². The first-order chi connectivity index (χ1) is 9.31. The maximum atomic E-state index is 9.41. The molecule has 3 heteroatoms. The van der Waals surface area contributed by atoms with Gasteiger partial charge in [0.2, 0.25) is 0 Å². The monoisotopic (exact) mass is 249 g/mol. The number of nitriles is 1. The third kappa shape index (κ3) is 1.96. The lowest BCUT2D eigenvalue weighted by Gasteiger charge is -2.20. The van der Waals surface area contributed by atoms with Gasteiger partial charge in [0.05, 0.1) is 11.3 Å². The van der Waals surface area contributed by atoms with Crippen molar-refractivity contribution in [2.75, 3.05) is 5.73 Å². The zero-order valence-corrected chi connectivity index (χ0v) is 10.7. The number of hydrogen-bond donors (Lipinski definition) is 1. The molecule has 0 fully saturated rings. The summed E-state index contributed by atoms with van der Waals surface area (Å²) in [5.41, 5.74) is 11.8. The molecule has 0 amide bonds. The maximum absolute atomic E-state index is 9.41. The Morgan fingerprint density at radius 1 is 1.26 bits per heavy atom. The molecule has 0 bridgehead atoms. The molecule has 0 saturated heterocycles. The van der Waals surface area contributed by atoms with E-state index in [2.05, 4.69) is 17.1 Å². The molecule has 2 N–H and O–H groups in total. The third-order valence-corrected chi connectivity index (χ3v) is 3.78. The summed E-state index contributed by atoms with van der Waals surface area (Å²) in [7, 11) is 0. The highest BCUT2D eigenvalue weighted by Crippen LogP contribution is 2.35. The molecule has 1 aromatic heterocycles. The zero-order valence-electron chi connectivity index (χ0n) is 10.7. The van der Waals surface area contributed by atoms with Gasteiger partial charge in [0.15, 0.2) is 0 Å². The van der Waals surface area contributed by atoms with Gasteiger partial charge in [0, 0.05) is 23.5 Å². The van der Waals surface area contributed by atoms with Crippen molar-refractivity contribution < 1.29 is 0 Å². The van der Waals surface area contributed by atoms with Gasteiger partial charge in [-0.25, -0.2) is 0 Å². The lowest BCUT2D eigenvalue weighted by molar-refractivity contribution is 0.687. The maximum Gasteiger partial charge on any atom is 0.102 e. The molecule has 94 valence electrons. The van der Waals surface area contributed by atoms with E-state index in [9.17, 15) is 5.26 Å². The van der Waals surface area contributed by atoms with Crippen LogP contribution in [0.25, 0.3) is 11.1 Å². The predicted octanol–water partition coefficient (Wildman–Crippen LogP) is 3.08. The standard InChI is InChI=1S/C16H15N3/c17-9-15-14(12-5-3-7-19-10-12)8-11-4-1-2-6-13(11)16(15)18/h3,5,7-8,10H,1-2,4,6,18H2. The zero-order chi connectivity index (χ0) is 13.2. The van der Waals surface area contributed by atoms with Gasteiger partial charge in [0.25, 0.3) is 0 Å². The van der Waals surface area contributed by atoms with E-state index in [1.54, 1.807) is 12.4 Å². The van der Waals surface area contributed by atoms with Gasteiger partial charge in [-0.3, -0.25) is 4.98 Å². The molecule has 3 nitrogen and oxygen atoms in total. The van der Waals surface area contributed by atoms with Crippen molar-refractivity contribution >= 4 is 5.69 Å². The molecule has 0 unspecified atom stereocenters. The van der Waals surface area contributed by atoms with E-state index in [4.69, 9.17) is 5.73 Å². The second kappa shape index (κ2) is 4.74. The van der Waals surface area contributed by atoms with Crippen LogP contribution in [0.5, 0.6) is 0 Å². The summed E-state index contributed by atoms with van der Waals surface area (Å²) in [6, 6.07) is 8.24. The number of aromatic nitrogens is 1. The van der Waals surface area contributed by atoms with E-state index < -0.39 is 0 Å². The largest absolute Gasteiger partial charge is 0.397 e. The van der Waals surface area contributed by atoms with Gasteiger partial charge >= 0.3 is 0 Å². The van der Waals surface area contributed by atoms with Crippen LogP contribution in [0.15, 0.2) is 30.6 Å². The number of pyridine rings is 1. The second-order valence-corrected chi connectivity index (χ2v) is 4.91. The summed E-state index contributed by atoms with van der Waals surface area (Å²) >= 11 is 0. The van der Waals surface area contributed by atoms with Gasteiger partial charge < -0.3 is 5.73 Å². The molecule has 3 rings (SSSR count). The van der Waals surface area contributed by atoms with E-state index in [1.165, 1.54) is 17.5 Å². The van der Waals surface area contributed by atoms with Gasteiger partial charge in [-0.05, 0) is 48.9 Å². The Morgan fingerprint density at radius 3 is 2.84 bits per heavy atom. The summed E-state index contributed by atoms with van der Waals surface area (Å²) < 4.78 is 0. The highest BCUT2D eigenvalue weighted by molar-refractivity contribution is 5.80. The fourth-order valence-corrected chi connectivity index (χ4v) is 2.81. The third-order valence-electron chi connectivity index (χ3n) is 3.78. The summed E-state index contributed by atoms with van der Waals surface area (Å²) in [6.45, 7) is 0. The van der Waals surface area contributed by atoms with Crippen molar-refractivity contribution in [2.24, 2.45) is 0 Å². The number of nitrogens with zero attached hydrogens (tertiary/aromatic N) is 2. The molecule has 0 radical (unpaired) electrons. The van der Waals surface area contributed by atoms with E-state index in [0.29, 0.717) is 11.3 Å². The van der Waals surface area contributed by atoms with Crippen LogP contribution in [0.4, 0.5) is 5.69 Å². The molecule has 1 aliphatic carbocycles. The first-order valence-corrected chi connectivity index (χ1v) is 6.56. The summed E-state index contributed by atoms with van der Waals surface area (Å²) in [5, 5.41) is 9.41. The highest BCUT2D eigenvalue weighted by Gasteiger charge is 2.19. The van der Waals surface area contributed by atoms with Crippen LogP contribution in [-0.4, -0.2) is 4.98 Å². The number of benzene rings is 1. The summed E-state index contributed by atoms with van der Waals surface area (Å²) in [4.78, 5) is 4.13. The molecule has 1 aliphatic rings. The molecular weight excluding hydrogens is 234 g/mol. The van der Waals surface area contributed by atoms with Gasteiger partial charge in [0.1, 0.15) is 6.07 Å². The molecule has 19 heavy (non-hydrogen) atoms. The smallest absolute Gasteiger partial charge is 0.102 e. The normalized spacial score (nSPS) is 13.6. The Morgan fingerprint density at radius 2 is 2.11 bits per heavy atom. The van der Waals surface area contributed by atoms with Crippen molar-refractivity contribution in [3.05, 3.63) is 47.3 Å². The molecule has 0 atom stereocenters. The van der Waals surface area contributed by atoms with Crippen molar-refractivity contribution in [3.63, 3.8) is 0 Å². The van der Waals surface area contributed by atoms with Gasteiger partial charge in [-0.1, -0.05) is 6.07 Å². The first kappa shape index (κ1) is 11.7. The average Bonchev–Trinajstić information content (AvgIpc) is 2.48. The van der Waals surface area contributed by atoms with Crippen LogP contribution >= 0.6 is 0 Å². The number of rotatable bonds is 1. The van der Waals surface area contributed by atoms with Crippen molar-refractivity contribution in [3.8, 4) is 17.2 Å². The summed E-state index contributed by atoms with van der Waals surface area (Å²) in [6.07, 6.45) is 7.92. The Hall–Kier alpha value is -2.34. The Bertz CT molecular complexity index is 654. The average molecular weight is 249 g/mol. The number of hydrogen-bond acceptors (Lipinski definition) is 3. The molecule has 0 aliphatic heterocycles. The summed E-state index contributed by atoms with van der Waals surface area (Å²) in [5.74, 6) is 0. The highest BCUT2D eigenvalue weighted by atomic mass is 14.6. The van der Waals surface area contributed by atoms with Crippen molar-refractivity contribution in [2.45, 2.75) is 25.7 Å². The number of nitrogens with two attached hydrogens (primary N) is 1. The molecule has 2 aromatic rings. The number of anilines is 1. The Kier molecular flexibility index (Phi) is 2.92. The van der Waals surface area contributed by atoms with E-state index in [0.717, 1.165) is 30.4 Å². The number of fused-ring (bicyclic) bond motifs is 1. The quantitative estimate of drug-likeness (QED) is 0.790. The van der Waals surface area contributed by atoms with Crippen LogP contribution in [0.3, 0.4) is 0 Å². The van der Waals surface area contributed by atoms with Gasteiger partial charge in [-0.15, -0.1) is 0 Å². The van der Waals surface area contributed by atoms with Crippen LogP contribution in [0.1, 0.15) is 29.5 Å². The lowest BCUT2D eigenvalue weighted by atomic mass is 9.85. The predicted molar refractivity (Wildman–Crippen MR) is 75.4 cm³/mol. The molecule has 0 saturated carbocycles. The Labute approximate surface area is 112 Å². The lowest BCUT2D eigenvalue weighted by Crippen LogP contribution is -2.09. The van der Waals surface area contributed by atoms with E-state index in [1.807, 2.05) is 12.1 Å². The van der Waals surface area contributed by atoms with Crippen LogP contribution in [-0.2, 0) is 12.8 Å². The second-order valence-electron chi connectivity index (χ2n) is 4.91. The minimum Gasteiger partial charge on any atom is -0.397 e. The molecule has 1 aromatic carbocycles. The minimum atomic E-state index is 0.591. The number of aryl methyl sites for hydroxylation is 1. The van der Waals surface area contributed by atoms with Crippen LogP contribution < -0.4 is 5.73 Å². The fourth-order valence-electron chi connectivity index (χ4n) is 2.81. The van der Waals surface area contributed by atoms with Crippen molar-refractivity contribution in [1.82, 2.24) is 4.98 Å². The van der Waals surface area contributed by atoms with Crippen LogP contribution in [0.2, 0.25) is 0 Å². The molecule has 1 heterocycles. The Balaban J connectivity index is 2.25. The molecule has 0 spiro atoms. The minimum absolute atomic E-state index is 0.591. The first-order valence-electron chi connectivity index (χ1n) is 6.56. The SMILES string of the molecule is N#Cc1c(-c2cccnc2)cc2c(c1N)CCCC2. The topological polar surface area (TPSA) is 62.7 Å². The van der Waals surface area contributed by atoms with E-state index >= 15 is 0 Å². The number of nitrogen functional groups attached to an aromatic ring is 1. The van der Waals surface area contributed by atoms with Crippen LogP contribution in [0, 0.1) is 11.3 Å². The van der Waals surface area contributed by atoms with Gasteiger partial charge in [-0.2, -0.15) is 5.26 Å². The fraction of sp³-hybridized carbons (Fsp3) is 0.250. The molecular formula is C16H15N3. The van der Waals surface area contributed by atoms with Crippen molar-refractivity contribution in [1.29, 1.82) is 5.26 Å².